The molecule has 0 aliphatic carbocycles. The van der Waals surface area contributed by atoms with Gasteiger partial charge in [-0.3, -0.25) is 4.79 Å². The van der Waals surface area contributed by atoms with Crippen LogP contribution in [0.4, 0.5) is 0 Å². The SMILES string of the molecule is CC1CCCN(CCOc2ccc(CC(N)=S)cc2)C1=O. The molecule has 1 aliphatic heterocycles. The van der Waals surface area contributed by atoms with Crippen molar-refractivity contribution < 1.29 is 9.53 Å². The number of nitrogens with two attached hydrogens (primary N) is 1. The molecule has 2 rings (SSSR count). The summed E-state index contributed by atoms with van der Waals surface area (Å²) in [6.07, 6.45) is 2.69. The van der Waals surface area contributed by atoms with Gasteiger partial charge in [-0.05, 0) is 30.5 Å². The first-order valence-corrected chi connectivity index (χ1v) is 7.76. The molecule has 1 atom stereocenters. The fourth-order valence-corrected chi connectivity index (χ4v) is 2.70. The summed E-state index contributed by atoms with van der Waals surface area (Å²) < 4.78 is 5.69. The van der Waals surface area contributed by atoms with Gasteiger partial charge in [0.15, 0.2) is 0 Å². The number of benzene rings is 1. The van der Waals surface area contributed by atoms with Crippen LogP contribution in [0, 0.1) is 5.92 Å². The lowest BCUT2D eigenvalue weighted by atomic mass is 9.99. The molecule has 0 aromatic heterocycles. The Morgan fingerprint density at radius 3 is 2.81 bits per heavy atom. The van der Waals surface area contributed by atoms with Crippen molar-refractivity contribution in [3.8, 4) is 5.75 Å². The van der Waals surface area contributed by atoms with Gasteiger partial charge in [-0.15, -0.1) is 0 Å². The van der Waals surface area contributed by atoms with E-state index in [9.17, 15) is 4.79 Å². The Balaban J connectivity index is 1.78. The van der Waals surface area contributed by atoms with Crippen molar-refractivity contribution in [2.24, 2.45) is 11.7 Å². The fraction of sp³-hybridized carbons (Fsp3) is 0.500. The minimum Gasteiger partial charge on any atom is -0.492 e. The average Bonchev–Trinajstić information content (AvgIpc) is 2.45. The zero-order valence-corrected chi connectivity index (χ0v) is 13.2. The summed E-state index contributed by atoms with van der Waals surface area (Å²) in [6.45, 7) is 4.01. The van der Waals surface area contributed by atoms with E-state index in [0.717, 1.165) is 30.7 Å². The Morgan fingerprint density at radius 1 is 1.43 bits per heavy atom. The smallest absolute Gasteiger partial charge is 0.225 e. The molecule has 0 spiro atoms. The zero-order valence-electron chi connectivity index (χ0n) is 12.4. The molecule has 1 aromatic rings. The second kappa shape index (κ2) is 7.41. The Morgan fingerprint density at radius 2 is 2.14 bits per heavy atom. The van der Waals surface area contributed by atoms with Gasteiger partial charge >= 0.3 is 0 Å². The van der Waals surface area contributed by atoms with Crippen molar-refractivity contribution in [2.45, 2.75) is 26.2 Å². The second-order valence-electron chi connectivity index (χ2n) is 5.50. The summed E-state index contributed by atoms with van der Waals surface area (Å²) in [5, 5.41) is 0. The highest BCUT2D eigenvalue weighted by Crippen LogP contribution is 2.17. The highest BCUT2D eigenvalue weighted by atomic mass is 32.1. The number of thiocarbonyl (C=S) groups is 1. The lowest BCUT2D eigenvalue weighted by Crippen LogP contribution is -2.42. The van der Waals surface area contributed by atoms with Crippen molar-refractivity contribution >= 4 is 23.1 Å². The maximum absolute atomic E-state index is 12.0. The monoisotopic (exact) mass is 306 g/mol. The molecule has 1 aliphatic rings. The van der Waals surface area contributed by atoms with Gasteiger partial charge in [0.05, 0.1) is 11.5 Å². The van der Waals surface area contributed by atoms with E-state index in [-0.39, 0.29) is 11.8 Å². The molecule has 114 valence electrons. The number of likely N-dealkylation sites (tertiary alicyclic amines) is 1. The van der Waals surface area contributed by atoms with E-state index < -0.39 is 0 Å². The Bertz CT molecular complexity index is 502. The van der Waals surface area contributed by atoms with Gasteiger partial charge in [-0.2, -0.15) is 0 Å². The second-order valence-corrected chi connectivity index (χ2v) is 6.03. The first-order valence-electron chi connectivity index (χ1n) is 7.35. The Kier molecular flexibility index (Phi) is 5.56. The molecule has 1 saturated heterocycles. The summed E-state index contributed by atoms with van der Waals surface area (Å²) in [6, 6.07) is 7.74. The lowest BCUT2D eigenvalue weighted by Gasteiger charge is -2.30. The molecule has 1 fully saturated rings. The van der Waals surface area contributed by atoms with Crippen molar-refractivity contribution in [2.75, 3.05) is 19.7 Å². The number of carbonyl (C=O) groups is 1. The molecule has 1 unspecified atom stereocenters. The largest absolute Gasteiger partial charge is 0.492 e. The molecule has 4 nitrogen and oxygen atoms in total. The predicted molar refractivity (Wildman–Crippen MR) is 87.4 cm³/mol. The number of hydrogen-bond acceptors (Lipinski definition) is 3. The number of amides is 1. The minimum absolute atomic E-state index is 0.151. The summed E-state index contributed by atoms with van der Waals surface area (Å²) in [5.74, 6) is 1.20. The van der Waals surface area contributed by atoms with Crippen molar-refractivity contribution in [1.29, 1.82) is 0 Å². The quantitative estimate of drug-likeness (QED) is 0.818. The fourth-order valence-electron chi connectivity index (χ4n) is 2.53. The van der Waals surface area contributed by atoms with Gasteiger partial charge in [0.1, 0.15) is 12.4 Å². The van der Waals surface area contributed by atoms with E-state index in [1.807, 2.05) is 36.1 Å². The van der Waals surface area contributed by atoms with Crippen LogP contribution in [-0.4, -0.2) is 35.5 Å². The van der Waals surface area contributed by atoms with E-state index in [1.54, 1.807) is 0 Å². The highest BCUT2D eigenvalue weighted by Gasteiger charge is 2.24. The Hall–Kier alpha value is -1.62. The van der Waals surface area contributed by atoms with E-state index in [1.165, 1.54) is 0 Å². The van der Waals surface area contributed by atoms with Crippen LogP contribution < -0.4 is 10.5 Å². The van der Waals surface area contributed by atoms with Crippen molar-refractivity contribution in [1.82, 2.24) is 4.90 Å². The van der Waals surface area contributed by atoms with Crippen LogP contribution in [0.3, 0.4) is 0 Å². The van der Waals surface area contributed by atoms with Crippen LogP contribution in [-0.2, 0) is 11.2 Å². The number of hydrogen-bond donors (Lipinski definition) is 1. The van der Waals surface area contributed by atoms with Gasteiger partial charge in [0.2, 0.25) is 5.91 Å². The zero-order chi connectivity index (χ0) is 15.2. The number of nitrogens with zero attached hydrogens (tertiary/aromatic N) is 1. The molecule has 1 heterocycles. The first-order chi connectivity index (χ1) is 10.1. The lowest BCUT2D eigenvalue weighted by molar-refractivity contribution is -0.138. The molecule has 2 N–H and O–H groups in total. The molecule has 0 bridgehead atoms. The molecule has 5 heteroatoms. The number of carbonyl (C=O) groups excluding carboxylic acids is 1. The van der Waals surface area contributed by atoms with Crippen molar-refractivity contribution in [3.63, 3.8) is 0 Å². The molecule has 0 saturated carbocycles. The van der Waals surface area contributed by atoms with Crippen molar-refractivity contribution in [3.05, 3.63) is 29.8 Å². The number of ether oxygens (including phenoxy) is 1. The van der Waals surface area contributed by atoms with Crippen LogP contribution >= 0.6 is 12.2 Å². The molecule has 21 heavy (non-hydrogen) atoms. The van der Waals surface area contributed by atoms with E-state index in [2.05, 4.69) is 0 Å². The van der Waals surface area contributed by atoms with Gasteiger partial charge in [-0.25, -0.2) is 0 Å². The van der Waals surface area contributed by atoms with E-state index in [4.69, 9.17) is 22.7 Å². The van der Waals surface area contributed by atoms with Crippen LogP contribution in [0.25, 0.3) is 0 Å². The summed E-state index contributed by atoms with van der Waals surface area (Å²) in [4.78, 5) is 14.3. The summed E-state index contributed by atoms with van der Waals surface area (Å²) in [7, 11) is 0. The highest BCUT2D eigenvalue weighted by molar-refractivity contribution is 7.80. The van der Waals surface area contributed by atoms with Crippen LogP contribution in [0.5, 0.6) is 5.75 Å². The molecule has 1 amide bonds. The molecule has 1 aromatic carbocycles. The number of rotatable bonds is 6. The molecular formula is C16H22N2O2S. The van der Waals surface area contributed by atoms with Gasteiger partial charge in [0.25, 0.3) is 0 Å². The standard InChI is InChI=1S/C16H22N2O2S/c1-12-3-2-8-18(16(12)19)9-10-20-14-6-4-13(5-7-14)11-15(17)21/h4-7,12H,2-3,8-11H2,1H3,(H2,17,21). The van der Waals surface area contributed by atoms with Gasteiger partial charge in [0, 0.05) is 18.9 Å². The molecule has 0 radical (unpaired) electrons. The summed E-state index contributed by atoms with van der Waals surface area (Å²) in [5.41, 5.74) is 6.59. The minimum atomic E-state index is 0.151. The van der Waals surface area contributed by atoms with Gasteiger partial charge in [-0.1, -0.05) is 31.3 Å². The van der Waals surface area contributed by atoms with Crippen LogP contribution in [0.1, 0.15) is 25.3 Å². The normalized spacial score (nSPS) is 18.6. The number of piperidine rings is 1. The molecular weight excluding hydrogens is 284 g/mol. The Labute approximate surface area is 131 Å². The maximum atomic E-state index is 12.0. The van der Waals surface area contributed by atoms with Crippen LogP contribution in [0.15, 0.2) is 24.3 Å². The van der Waals surface area contributed by atoms with E-state index in [0.29, 0.717) is 24.6 Å². The summed E-state index contributed by atoms with van der Waals surface area (Å²) >= 11 is 4.88. The van der Waals surface area contributed by atoms with E-state index >= 15 is 0 Å². The third-order valence-corrected chi connectivity index (χ3v) is 3.87. The average molecular weight is 306 g/mol. The van der Waals surface area contributed by atoms with Gasteiger partial charge < -0.3 is 15.4 Å². The first kappa shape index (κ1) is 15.8. The maximum Gasteiger partial charge on any atom is 0.225 e. The predicted octanol–water partition coefficient (Wildman–Crippen LogP) is 2.15. The topological polar surface area (TPSA) is 55.6 Å². The third kappa shape index (κ3) is 4.70. The van der Waals surface area contributed by atoms with Crippen LogP contribution in [0.2, 0.25) is 0 Å². The third-order valence-electron chi connectivity index (χ3n) is 3.73.